The van der Waals surface area contributed by atoms with E-state index in [-0.39, 0.29) is 11.5 Å². The summed E-state index contributed by atoms with van der Waals surface area (Å²) in [7, 11) is 0. The summed E-state index contributed by atoms with van der Waals surface area (Å²) in [4.78, 5) is 29.0. The first-order valence-electron chi connectivity index (χ1n) is 10.3. The lowest BCUT2D eigenvalue weighted by molar-refractivity contribution is -0.123. The SMILES string of the molecule is Cc1cccc(CN2C(=O)[C@@]3(SCCN3C(=O)c3cccc(F)c3)c3cc(F)ccc32)c1. The number of nitrogens with zero attached hydrogens (tertiary/aromatic N) is 2. The molecule has 32 heavy (non-hydrogen) atoms. The van der Waals surface area contributed by atoms with Crippen molar-refractivity contribution < 1.29 is 18.4 Å². The van der Waals surface area contributed by atoms with E-state index in [0.29, 0.717) is 30.1 Å². The molecule has 0 unspecified atom stereocenters. The fraction of sp³-hybridized carbons (Fsp3) is 0.200. The van der Waals surface area contributed by atoms with Gasteiger partial charge in [0.2, 0.25) is 0 Å². The van der Waals surface area contributed by atoms with Crippen LogP contribution in [0.25, 0.3) is 0 Å². The van der Waals surface area contributed by atoms with Crippen LogP contribution in [0.15, 0.2) is 66.7 Å². The van der Waals surface area contributed by atoms with Gasteiger partial charge in [0.25, 0.3) is 11.8 Å². The van der Waals surface area contributed by atoms with E-state index in [1.807, 2.05) is 31.2 Å². The number of anilines is 1. The highest BCUT2D eigenvalue weighted by atomic mass is 32.2. The Labute approximate surface area is 188 Å². The molecule has 0 bridgehead atoms. The van der Waals surface area contributed by atoms with Crippen molar-refractivity contribution in [3.63, 3.8) is 0 Å². The van der Waals surface area contributed by atoms with Crippen LogP contribution in [0.3, 0.4) is 0 Å². The molecular formula is C25H20F2N2O2S. The third-order valence-electron chi connectivity index (χ3n) is 5.90. The second-order valence-electron chi connectivity index (χ2n) is 8.00. The van der Waals surface area contributed by atoms with Gasteiger partial charge in [0.15, 0.2) is 4.87 Å². The molecule has 0 aliphatic carbocycles. The molecule has 5 rings (SSSR count). The van der Waals surface area contributed by atoms with Crippen molar-refractivity contribution in [3.8, 4) is 0 Å². The molecular weight excluding hydrogens is 430 g/mol. The quantitative estimate of drug-likeness (QED) is 0.572. The highest BCUT2D eigenvalue weighted by Crippen LogP contribution is 2.54. The van der Waals surface area contributed by atoms with E-state index in [1.165, 1.54) is 47.0 Å². The predicted octanol–water partition coefficient (Wildman–Crippen LogP) is 4.86. The van der Waals surface area contributed by atoms with E-state index >= 15 is 0 Å². The topological polar surface area (TPSA) is 40.6 Å². The van der Waals surface area contributed by atoms with Crippen LogP contribution in [0.1, 0.15) is 27.0 Å². The molecule has 162 valence electrons. The number of carbonyl (C=O) groups is 2. The van der Waals surface area contributed by atoms with E-state index in [0.717, 1.165) is 17.2 Å². The first-order valence-corrected chi connectivity index (χ1v) is 11.3. The standard InChI is InChI=1S/C25H20F2N2O2S/c1-16-4-2-5-17(12-16)15-28-22-9-8-20(27)14-21(22)25(24(28)31)29(10-11-32-25)23(30)18-6-3-7-19(26)13-18/h2-9,12-14H,10-11,15H2,1H3/t25-/m0/s1. The van der Waals surface area contributed by atoms with Crippen LogP contribution in [0.5, 0.6) is 0 Å². The highest BCUT2D eigenvalue weighted by molar-refractivity contribution is 8.01. The lowest BCUT2D eigenvalue weighted by Crippen LogP contribution is -2.50. The summed E-state index contributed by atoms with van der Waals surface area (Å²) in [5.74, 6) is -1.22. The monoisotopic (exact) mass is 450 g/mol. The number of carbonyl (C=O) groups excluding carboxylic acids is 2. The Morgan fingerprint density at radius 1 is 1.03 bits per heavy atom. The number of hydrogen-bond donors (Lipinski definition) is 0. The number of hydrogen-bond acceptors (Lipinski definition) is 3. The molecule has 2 aliphatic heterocycles. The largest absolute Gasteiger partial charge is 0.311 e. The molecule has 1 saturated heterocycles. The number of rotatable bonds is 3. The Morgan fingerprint density at radius 3 is 2.59 bits per heavy atom. The summed E-state index contributed by atoms with van der Waals surface area (Å²) < 4.78 is 28.1. The minimum absolute atomic E-state index is 0.162. The van der Waals surface area contributed by atoms with Gasteiger partial charge in [0.1, 0.15) is 11.6 Å². The molecule has 2 amide bonds. The number of thioether (sulfide) groups is 1. The first kappa shape index (κ1) is 20.7. The van der Waals surface area contributed by atoms with Gasteiger partial charge in [-0.25, -0.2) is 8.78 Å². The minimum atomic E-state index is -1.37. The molecule has 4 nitrogen and oxygen atoms in total. The van der Waals surface area contributed by atoms with Gasteiger partial charge in [-0.2, -0.15) is 0 Å². The summed E-state index contributed by atoms with van der Waals surface area (Å²) in [5, 5.41) is 0. The molecule has 1 fully saturated rings. The Hall–Kier alpha value is -3.19. The molecule has 0 N–H and O–H groups in total. The average molecular weight is 451 g/mol. The van der Waals surface area contributed by atoms with Crippen molar-refractivity contribution in [1.29, 1.82) is 0 Å². The number of benzene rings is 3. The molecule has 2 heterocycles. The second kappa shape index (κ2) is 7.74. The van der Waals surface area contributed by atoms with E-state index in [1.54, 1.807) is 11.0 Å². The minimum Gasteiger partial charge on any atom is -0.311 e. The van der Waals surface area contributed by atoms with Crippen molar-refractivity contribution in [3.05, 3.63) is 101 Å². The Bertz CT molecular complexity index is 1250. The maximum atomic E-state index is 14.3. The van der Waals surface area contributed by atoms with Crippen molar-refractivity contribution >= 4 is 29.3 Å². The van der Waals surface area contributed by atoms with Crippen molar-refractivity contribution in [2.24, 2.45) is 0 Å². The zero-order valence-corrected chi connectivity index (χ0v) is 18.2. The Kier molecular flexibility index (Phi) is 5.01. The second-order valence-corrected chi connectivity index (χ2v) is 9.29. The predicted molar refractivity (Wildman–Crippen MR) is 120 cm³/mol. The molecule has 0 aromatic heterocycles. The average Bonchev–Trinajstić information content (AvgIpc) is 3.30. The molecule has 0 saturated carbocycles. The lowest BCUT2D eigenvalue weighted by atomic mass is 10.0. The first-order chi connectivity index (χ1) is 15.4. The maximum Gasteiger partial charge on any atom is 0.268 e. The van der Waals surface area contributed by atoms with Crippen molar-refractivity contribution in [2.75, 3.05) is 17.2 Å². The zero-order valence-electron chi connectivity index (χ0n) is 17.3. The molecule has 3 aromatic carbocycles. The molecule has 2 aliphatic rings. The van der Waals surface area contributed by atoms with Crippen LogP contribution >= 0.6 is 11.8 Å². The van der Waals surface area contributed by atoms with E-state index in [9.17, 15) is 18.4 Å². The van der Waals surface area contributed by atoms with Crippen molar-refractivity contribution in [1.82, 2.24) is 4.90 Å². The number of fused-ring (bicyclic) bond motifs is 2. The summed E-state index contributed by atoms with van der Waals surface area (Å²) >= 11 is 1.32. The fourth-order valence-electron chi connectivity index (χ4n) is 4.51. The van der Waals surface area contributed by atoms with Crippen molar-refractivity contribution in [2.45, 2.75) is 18.3 Å². The molecule has 1 atom stereocenters. The smallest absolute Gasteiger partial charge is 0.268 e. The Morgan fingerprint density at radius 2 is 1.81 bits per heavy atom. The van der Waals surface area contributed by atoms with Gasteiger partial charge in [-0.1, -0.05) is 35.9 Å². The summed E-state index contributed by atoms with van der Waals surface area (Å²) in [6.07, 6.45) is 0. The maximum absolute atomic E-state index is 14.3. The van der Waals surface area contributed by atoms with Gasteiger partial charge < -0.3 is 9.80 Å². The van der Waals surface area contributed by atoms with Crippen LogP contribution in [-0.2, 0) is 16.2 Å². The van der Waals surface area contributed by atoms with Crippen LogP contribution < -0.4 is 4.90 Å². The normalized spacial score (nSPS) is 19.7. The number of amides is 2. The fourth-order valence-corrected chi connectivity index (χ4v) is 5.97. The van der Waals surface area contributed by atoms with Gasteiger partial charge in [0.05, 0.1) is 12.2 Å². The van der Waals surface area contributed by atoms with Gasteiger partial charge in [0, 0.05) is 23.4 Å². The van der Waals surface area contributed by atoms with Crippen LogP contribution in [0, 0.1) is 18.6 Å². The van der Waals surface area contributed by atoms with E-state index in [2.05, 4.69) is 0 Å². The molecule has 1 spiro atoms. The van der Waals surface area contributed by atoms with Gasteiger partial charge >= 0.3 is 0 Å². The van der Waals surface area contributed by atoms with E-state index in [4.69, 9.17) is 0 Å². The number of aryl methyl sites for hydroxylation is 1. The van der Waals surface area contributed by atoms with Gasteiger partial charge in [-0.3, -0.25) is 9.59 Å². The summed E-state index contributed by atoms with van der Waals surface area (Å²) in [6.45, 7) is 2.59. The summed E-state index contributed by atoms with van der Waals surface area (Å²) in [6, 6.07) is 17.5. The van der Waals surface area contributed by atoms with Gasteiger partial charge in [-0.05, 0) is 48.9 Å². The zero-order chi connectivity index (χ0) is 22.5. The third kappa shape index (κ3) is 3.19. The highest BCUT2D eigenvalue weighted by Gasteiger charge is 2.59. The Balaban J connectivity index is 1.60. The summed E-state index contributed by atoms with van der Waals surface area (Å²) in [5.41, 5.74) is 3.22. The molecule has 0 radical (unpaired) electrons. The van der Waals surface area contributed by atoms with Gasteiger partial charge in [-0.15, -0.1) is 11.8 Å². The lowest BCUT2D eigenvalue weighted by Gasteiger charge is -2.33. The molecule has 3 aromatic rings. The molecule has 7 heteroatoms. The van der Waals surface area contributed by atoms with Crippen LogP contribution in [-0.4, -0.2) is 29.0 Å². The van der Waals surface area contributed by atoms with E-state index < -0.39 is 22.4 Å². The number of halogens is 2. The van der Waals surface area contributed by atoms with Crippen LogP contribution in [0.4, 0.5) is 14.5 Å². The third-order valence-corrected chi connectivity index (χ3v) is 7.31. The van der Waals surface area contributed by atoms with Crippen LogP contribution in [0.2, 0.25) is 0 Å².